The fraction of sp³-hybridized carbons (Fsp3) is 0.636. The summed E-state index contributed by atoms with van der Waals surface area (Å²) in [5, 5.41) is 10.2. The van der Waals surface area contributed by atoms with Crippen molar-refractivity contribution in [1.82, 2.24) is 9.80 Å². The van der Waals surface area contributed by atoms with Crippen LogP contribution in [-0.2, 0) is 19.0 Å². The van der Waals surface area contributed by atoms with Crippen molar-refractivity contribution in [1.29, 1.82) is 0 Å². The smallest absolute Gasteiger partial charge is 0.407 e. The third-order valence-corrected chi connectivity index (χ3v) is 14.5. The van der Waals surface area contributed by atoms with Crippen LogP contribution in [0.25, 0.3) is 11.1 Å². The lowest BCUT2D eigenvalue weighted by atomic mass is 9.46. The third kappa shape index (κ3) is 6.51. The summed E-state index contributed by atoms with van der Waals surface area (Å²) in [7, 11) is 0. The van der Waals surface area contributed by atoms with E-state index in [4.69, 9.17) is 14.2 Å². The average molecular weight is 711 g/mol. The zero-order chi connectivity index (χ0) is 36.0. The summed E-state index contributed by atoms with van der Waals surface area (Å²) >= 11 is 0. The van der Waals surface area contributed by atoms with Crippen LogP contribution in [0.1, 0.15) is 102 Å². The second-order valence-corrected chi connectivity index (χ2v) is 17.3. The van der Waals surface area contributed by atoms with E-state index in [1.165, 1.54) is 36.2 Å². The molecule has 8 nitrogen and oxygen atoms in total. The van der Waals surface area contributed by atoms with Crippen molar-refractivity contribution in [2.24, 2.45) is 28.6 Å². The van der Waals surface area contributed by atoms with Crippen LogP contribution in [0, 0.1) is 28.6 Å². The fourth-order valence-electron chi connectivity index (χ4n) is 11.6. The largest absolute Gasteiger partial charge is 0.465 e. The Morgan fingerprint density at radius 2 is 1.62 bits per heavy atom. The Morgan fingerprint density at radius 1 is 0.942 bits per heavy atom. The number of benzene rings is 2. The van der Waals surface area contributed by atoms with Gasteiger partial charge in [-0.2, -0.15) is 0 Å². The molecule has 6 aliphatic rings. The number of amides is 2. The lowest BCUT2D eigenvalue weighted by molar-refractivity contribution is -0.316. The highest BCUT2D eigenvalue weighted by atomic mass is 16.7. The Labute approximate surface area is 309 Å². The summed E-state index contributed by atoms with van der Waals surface area (Å²) in [4.78, 5) is 29.0. The first-order chi connectivity index (χ1) is 25.2. The van der Waals surface area contributed by atoms with E-state index in [0.29, 0.717) is 37.5 Å². The van der Waals surface area contributed by atoms with Gasteiger partial charge in [0.15, 0.2) is 6.29 Å². The molecule has 8 heteroatoms. The van der Waals surface area contributed by atoms with E-state index in [1.54, 1.807) is 0 Å². The number of fused-ring (bicyclic) bond motifs is 6. The molecule has 0 aromatic heterocycles. The van der Waals surface area contributed by atoms with Crippen LogP contribution in [-0.4, -0.2) is 84.8 Å². The number of hydrogen-bond donors (Lipinski definition) is 1. The summed E-state index contributed by atoms with van der Waals surface area (Å²) in [6.45, 7) is 12.3. The van der Waals surface area contributed by atoms with Gasteiger partial charge in [0, 0.05) is 43.5 Å². The highest BCUT2D eigenvalue weighted by Gasteiger charge is 2.60. The monoisotopic (exact) mass is 710 g/mol. The Bertz CT molecular complexity index is 1600. The first-order valence-corrected chi connectivity index (χ1v) is 20.2. The molecule has 0 radical (unpaired) electrons. The Morgan fingerprint density at radius 3 is 2.29 bits per heavy atom. The maximum atomic E-state index is 13.5. The molecule has 8 rings (SSSR count). The molecule has 1 N–H and O–H groups in total. The molecule has 0 spiro atoms. The summed E-state index contributed by atoms with van der Waals surface area (Å²) in [5.74, 6) is 1.30. The van der Waals surface area contributed by atoms with Gasteiger partial charge in [-0.1, -0.05) is 87.4 Å². The first kappa shape index (κ1) is 35.8. The van der Waals surface area contributed by atoms with E-state index in [9.17, 15) is 14.7 Å². The van der Waals surface area contributed by atoms with Gasteiger partial charge in [-0.3, -0.25) is 9.69 Å². The molecule has 4 aliphatic carbocycles. The van der Waals surface area contributed by atoms with Gasteiger partial charge in [0.25, 0.3) is 0 Å². The topological polar surface area (TPSA) is 88.5 Å². The van der Waals surface area contributed by atoms with Crippen LogP contribution in [0.4, 0.5) is 4.79 Å². The van der Waals surface area contributed by atoms with Crippen molar-refractivity contribution < 1.29 is 28.9 Å². The molecular formula is C44H58N2O6. The molecular weight excluding hydrogens is 652 g/mol. The molecule has 3 saturated carbocycles. The van der Waals surface area contributed by atoms with Gasteiger partial charge in [0.1, 0.15) is 6.54 Å². The van der Waals surface area contributed by atoms with E-state index in [0.717, 1.165) is 73.8 Å². The number of ether oxygens (including phenoxy) is 3. The molecule has 6 atom stereocenters. The van der Waals surface area contributed by atoms with Crippen molar-refractivity contribution in [3.8, 4) is 11.1 Å². The summed E-state index contributed by atoms with van der Waals surface area (Å²) in [6.07, 6.45) is 11.4. The van der Waals surface area contributed by atoms with Gasteiger partial charge in [0.05, 0.1) is 18.8 Å². The highest BCUT2D eigenvalue weighted by Crippen LogP contribution is 2.63. The van der Waals surface area contributed by atoms with Crippen molar-refractivity contribution in [3.05, 3.63) is 71.8 Å². The van der Waals surface area contributed by atoms with Gasteiger partial charge in [-0.25, -0.2) is 4.79 Å². The standard InChI is InChI=1S/C44H58N2O6/c1-29-16-17-38-43(2,22-18-39-44(38,3)28-51-41(52-39)30-10-4-5-11-30)37(29)21-25-50-31-19-23-45(24-20-31)40(47)27-46(42(48)49)26-36-34-14-8-6-12-32(34)33-13-7-9-15-35(33)36/h6-9,12-15,30-31,36-39,41H,1,4-5,10-11,16-28H2,2-3H3,(H,48,49)/t37-,38?,39-,41-,43+,44+/m1/s1. The van der Waals surface area contributed by atoms with Crippen LogP contribution in [0.15, 0.2) is 60.7 Å². The quantitative estimate of drug-likeness (QED) is 0.263. The summed E-state index contributed by atoms with van der Waals surface area (Å²) < 4.78 is 19.8. The van der Waals surface area contributed by atoms with Crippen LogP contribution in [0.2, 0.25) is 0 Å². The predicted octanol–water partition coefficient (Wildman–Crippen LogP) is 8.50. The number of carbonyl (C=O) groups excluding carboxylic acids is 1. The molecule has 2 saturated heterocycles. The lowest BCUT2D eigenvalue weighted by Crippen LogP contribution is -2.62. The van der Waals surface area contributed by atoms with Crippen LogP contribution >= 0.6 is 0 Å². The zero-order valence-corrected chi connectivity index (χ0v) is 31.3. The van der Waals surface area contributed by atoms with Gasteiger partial charge in [0.2, 0.25) is 5.91 Å². The number of nitrogens with zero attached hydrogens (tertiary/aromatic N) is 2. The van der Waals surface area contributed by atoms with E-state index < -0.39 is 6.09 Å². The second kappa shape index (κ2) is 14.6. The minimum Gasteiger partial charge on any atom is -0.465 e. The van der Waals surface area contributed by atoms with E-state index in [1.807, 2.05) is 29.2 Å². The fourth-order valence-corrected chi connectivity index (χ4v) is 11.6. The van der Waals surface area contributed by atoms with E-state index >= 15 is 0 Å². The minimum atomic E-state index is -1.06. The van der Waals surface area contributed by atoms with Crippen molar-refractivity contribution >= 4 is 12.0 Å². The highest BCUT2D eigenvalue weighted by molar-refractivity contribution is 5.83. The molecule has 2 aliphatic heterocycles. The third-order valence-electron chi connectivity index (χ3n) is 14.5. The number of likely N-dealkylation sites (tertiary alicyclic amines) is 1. The number of piperidine rings is 1. The SMILES string of the molecule is C=C1CCC2[C@]3(C)CO[C@@H](C4CCCC4)O[C@@H]3CC[C@@]2(C)[C@@H]1CCOC1CCN(C(=O)CN(CC2c3ccccc3-c3ccccc32)C(=O)O)CC1. The van der Waals surface area contributed by atoms with E-state index in [2.05, 4.69) is 44.7 Å². The van der Waals surface area contributed by atoms with Gasteiger partial charge < -0.3 is 24.2 Å². The molecule has 2 aromatic carbocycles. The van der Waals surface area contributed by atoms with E-state index in [-0.39, 0.29) is 54.2 Å². The molecule has 0 bridgehead atoms. The van der Waals surface area contributed by atoms with Crippen molar-refractivity contribution in [3.63, 3.8) is 0 Å². The van der Waals surface area contributed by atoms with Crippen LogP contribution in [0.3, 0.4) is 0 Å². The molecule has 2 amide bonds. The number of rotatable bonds is 9. The maximum absolute atomic E-state index is 13.5. The second-order valence-electron chi connectivity index (χ2n) is 17.3. The van der Waals surface area contributed by atoms with Gasteiger partial charge in [-0.05, 0) is 97.3 Å². The number of hydrogen-bond acceptors (Lipinski definition) is 5. The number of carboxylic acid groups (broad SMARTS) is 1. The molecule has 52 heavy (non-hydrogen) atoms. The molecule has 280 valence electrons. The molecule has 5 fully saturated rings. The lowest BCUT2D eigenvalue weighted by Gasteiger charge is -2.63. The van der Waals surface area contributed by atoms with Crippen LogP contribution in [0.5, 0.6) is 0 Å². The minimum absolute atomic E-state index is 0.0150. The number of allylic oxidation sites excluding steroid dienone is 1. The van der Waals surface area contributed by atoms with Gasteiger partial charge in [-0.15, -0.1) is 0 Å². The zero-order valence-electron chi connectivity index (χ0n) is 31.3. The molecule has 2 aromatic rings. The Kier molecular flexibility index (Phi) is 10.0. The average Bonchev–Trinajstić information content (AvgIpc) is 3.80. The predicted molar refractivity (Wildman–Crippen MR) is 201 cm³/mol. The first-order valence-electron chi connectivity index (χ1n) is 20.2. The van der Waals surface area contributed by atoms with Crippen molar-refractivity contribution in [2.45, 2.75) is 109 Å². The normalized spacial score (nSPS) is 32.2. The molecule has 1 unspecified atom stereocenters. The number of carbonyl (C=O) groups is 2. The van der Waals surface area contributed by atoms with Crippen LogP contribution < -0.4 is 0 Å². The Hall–Kier alpha value is -3.20. The Balaban J connectivity index is 0.827. The van der Waals surface area contributed by atoms with Crippen molar-refractivity contribution in [2.75, 3.05) is 39.4 Å². The summed E-state index contributed by atoms with van der Waals surface area (Å²) in [6, 6.07) is 16.4. The van der Waals surface area contributed by atoms with Gasteiger partial charge >= 0.3 is 6.09 Å². The summed E-state index contributed by atoms with van der Waals surface area (Å²) in [5.41, 5.74) is 6.09. The maximum Gasteiger partial charge on any atom is 0.407 e. The molecule has 2 heterocycles.